The van der Waals surface area contributed by atoms with E-state index in [1.807, 2.05) is 25.1 Å². The molecule has 4 heteroatoms. The molecule has 0 saturated carbocycles. The lowest BCUT2D eigenvalue weighted by Gasteiger charge is -1.99. The first-order chi connectivity index (χ1) is 6.24. The van der Waals surface area contributed by atoms with E-state index in [4.69, 9.17) is 5.73 Å². The van der Waals surface area contributed by atoms with Crippen molar-refractivity contribution in [3.05, 3.63) is 35.4 Å². The number of hydrogen-bond donors (Lipinski definition) is 1. The van der Waals surface area contributed by atoms with Gasteiger partial charge in [-0.1, -0.05) is 28.9 Å². The molecule has 0 atom stereocenters. The van der Waals surface area contributed by atoms with Crippen LogP contribution in [0.5, 0.6) is 0 Å². The van der Waals surface area contributed by atoms with Crippen LogP contribution in [0.15, 0.2) is 29.4 Å². The third-order valence-corrected chi connectivity index (χ3v) is 1.51. The van der Waals surface area contributed by atoms with Crippen molar-refractivity contribution in [1.29, 1.82) is 0 Å². The molecule has 0 aliphatic rings. The lowest BCUT2D eigenvalue weighted by molar-refractivity contribution is -0.128. The maximum atomic E-state index is 9.82. The fraction of sp³-hybridized carbons (Fsp3) is 0.111. The Bertz CT molecular complexity index is 334. The first kappa shape index (κ1) is 9.25. The molecule has 0 bridgehead atoms. The summed E-state index contributed by atoms with van der Waals surface area (Å²) in [5.74, 6) is 0.191. The van der Waals surface area contributed by atoms with E-state index in [9.17, 15) is 4.79 Å². The number of benzene rings is 1. The number of hydrogen-bond acceptors (Lipinski definition) is 3. The fourth-order valence-electron chi connectivity index (χ4n) is 0.935. The summed E-state index contributed by atoms with van der Waals surface area (Å²) in [6, 6.07) is 7.44. The maximum absolute atomic E-state index is 9.82. The van der Waals surface area contributed by atoms with Gasteiger partial charge in [-0.2, -0.15) is 0 Å². The molecule has 4 nitrogen and oxygen atoms in total. The normalized spacial score (nSPS) is 11.0. The highest BCUT2D eigenvalue weighted by Gasteiger charge is 1.97. The number of oxime groups is 1. The Kier molecular flexibility index (Phi) is 3.03. The predicted molar refractivity (Wildman–Crippen MR) is 49.1 cm³/mol. The van der Waals surface area contributed by atoms with Crippen LogP contribution >= 0.6 is 0 Å². The number of nitrogens with zero attached hydrogens (tertiary/aromatic N) is 1. The first-order valence-electron chi connectivity index (χ1n) is 3.74. The number of carbonyl (C=O) groups is 1. The average molecular weight is 178 g/mol. The molecule has 68 valence electrons. The molecule has 13 heavy (non-hydrogen) atoms. The molecule has 0 amide bonds. The lowest BCUT2D eigenvalue weighted by atomic mass is 10.1. The quantitative estimate of drug-likeness (QED) is 0.244. The monoisotopic (exact) mass is 178 g/mol. The number of amidine groups is 1. The van der Waals surface area contributed by atoms with E-state index in [2.05, 4.69) is 9.99 Å². The number of nitrogens with two attached hydrogens (primary N) is 1. The molecule has 0 saturated heterocycles. The average Bonchev–Trinajstić information content (AvgIpc) is 2.14. The number of rotatable bonds is 3. The van der Waals surface area contributed by atoms with Gasteiger partial charge in [0.25, 0.3) is 0 Å². The van der Waals surface area contributed by atoms with E-state index < -0.39 is 0 Å². The molecule has 2 N–H and O–H groups in total. The minimum absolute atomic E-state index is 0.191. The summed E-state index contributed by atoms with van der Waals surface area (Å²) in [6.45, 7) is 2.17. The van der Waals surface area contributed by atoms with Gasteiger partial charge in [-0.3, -0.25) is 4.79 Å². The molecule has 1 rings (SSSR count). The maximum Gasteiger partial charge on any atom is 0.323 e. The van der Waals surface area contributed by atoms with Crippen LogP contribution in [0.3, 0.4) is 0 Å². The second kappa shape index (κ2) is 4.25. The van der Waals surface area contributed by atoms with Gasteiger partial charge in [-0.05, 0) is 13.0 Å². The summed E-state index contributed by atoms with van der Waals surface area (Å²) in [7, 11) is 0. The van der Waals surface area contributed by atoms with E-state index in [-0.39, 0.29) is 12.3 Å². The molecule has 0 aliphatic carbocycles. The van der Waals surface area contributed by atoms with Crippen LogP contribution in [0.2, 0.25) is 0 Å². The highest BCUT2D eigenvalue weighted by molar-refractivity contribution is 5.97. The summed E-state index contributed by atoms with van der Waals surface area (Å²) >= 11 is 0. The molecule has 0 unspecified atom stereocenters. The van der Waals surface area contributed by atoms with Gasteiger partial charge in [0.1, 0.15) is 0 Å². The first-order valence-corrected chi connectivity index (χ1v) is 3.74. The zero-order valence-corrected chi connectivity index (χ0v) is 7.23. The van der Waals surface area contributed by atoms with Crippen LogP contribution in [0.1, 0.15) is 11.1 Å². The molecule has 0 radical (unpaired) electrons. The van der Waals surface area contributed by atoms with E-state index in [1.54, 1.807) is 6.07 Å². The van der Waals surface area contributed by atoms with Crippen molar-refractivity contribution < 1.29 is 9.63 Å². The van der Waals surface area contributed by atoms with Crippen molar-refractivity contribution in [3.63, 3.8) is 0 Å². The second-order valence-corrected chi connectivity index (χ2v) is 2.55. The molecular formula is C9H10N2O2. The van der Waals surface area contributed by atoms with Gasteiger partial charge in [0.05, 0.1) is 0 Å². The molecule has 1 aromatic rings. The SMILES string of the molecule is Cc1cccc(/C(N)=N/OC=O)c1. The van der Waals surface area contributed by atoms with Crippen molar-refractivity contribution in [2.24, 2.45) is 10.9 Å². The van der Waals surface area contributed by atoms with E-state index in [0.717, 1.165) is 11.1 Å². The Morgan fingerprint density at radius 3 is 3.00 bits per heavy atom. The molecule has 0 aromatic heterocycles. The minimum Gasteiger partial charge on any atom is -0.380 e. The fourth-order valence-corrected chi connectivity index (χ4v) is 0.935. The van der Waals surface area contributed by atoms with Crippen LogP contribution in [-0.2, 0) is 9.63 Å². The van der Waals surface area contributed by atoms with Crippen molar-refractivity contribution in [2.75, 3.05) is 0 Å². The highest BCUT2D eigenvalue weighted by Crippen LogP contribution is 2.03. The summed E-state index contributed by atoms with van der Waals surface area (Å²) in [6.07, 6.45) is 0. The third kappa shape index (κ3) is 2.59. The molecule has 1 aromatic carbocycles. The van der Waals surface area contributed by atoms with Crippen molar-refractivity contribution in [1.82, 2.24) is 0 Å². The van der Waals surface area contributed by atoms with Crippen molar-refractivity contribution >= 4 is 12.3 Å². The molecule has 0 heterocycles. The Morgan fingerprint density at radius 2 is 2.38 bits per heavy atom. The smallest absolute Gasteiger partial charge is 0.323 e. The van der Waals surface area contributed by atoms with Gasteiger partial charge < -0.3 is 10.6 Å². The Balaban J connectivity index is 2.88. The van der Waals surface area contributed by atoms with Crippen LogP contribution in [-0.4, -0.2) is 12.3 Å². The van der Waals surface area contributed by atoms with Crippen LogP contribution in [0.25, 0.3) is 0 Å². The summed E-state index contributed by atoms with van der Waals surface area (Å²) in [5, 5.41) is 3.38. The number of carbonyl (C=O) groups excluding carboxylic acids is 1. The van der Waals surface area contributed by atoms with E-state index in [1.165, 1.54) is 0 Å². The largest absolute Gasteiger partial charge is 0.380 e. The van der Waals surface area contributed by atoms with Crippen LogP contribution in [0, 0.1) is 6.92 Å². The summed E-state index contributed by atoms with van der Waals surface area (Å²) in [5.41, 5.74) is 7.32. The van der Waals surface area contributed by atoms with Crippen molar-refractivity contribution in [3.8, 4) is 0 Å². The Hall–Kier alpha value is -1.84. The van der Waals surface area contributed by atoms with Gasteiger partial charge in [0.2, 0.25) is 0 Å². The summed E-state index contributed by atoms with van der Waals surface area (Å²) in [4.78, 5) is 14.0. The predicted octanol–water partition coefficient (Wildman–Crippen LogP) is 0.788. The van der Waals surface area contributed by atoms with Gasteiger partial charge >= 0.3 is 6.47 Å². The summed E-state index contributed by atoms with van der Waals surface area (Å²) < 4.78 is 0. The topological polar surface area (TPSA) is 64.7 Å². The third-order valence-electron chi connectivity index (χ3n) is 1.51. The molecule has 0 aliphatic heterocycles. The zero-order valence-electron chi connectivity index (χ0n) is 7.23. The van der Waals surface area contributed by atoms with Gasteiger partial charge in [0.15, 0.2) is 5.84 Å². The Labute approximate surface area is 76.0 Å². The van der Waals surface area contributed by atoms with Gasteiger partial charge in [-0.15, -0.1) is 0 Å². The Morgan fingerprint density at radius 1 is 1.62 bits per heavy atom. The minimum atomic E-state index is 0.191. The zero-order chi connectivity index (χ0) is 9.68. The van der Waals surface area contributed by atoms with E-state index in [0.29, 0.717) is 0 Å². The standard InChI is InChI=1S/C9H10N2O2/c1-7-3-2-4-8(5-7)9(10)11-13-6-12/h2-6H,1H3,(H2,10,11). The van der Waals surface area contributed by atoms with Crippen LogP contribution < -0.4 is 5.73 Å². The van der Waals surface area contributed by atoms with Gasteiger partial charge in [0, 0.05) is 5.56 Å². The molecule has 0 spiro atoms. The second-order valence-electron chi connectivity index (χ2n) is 2.55. The lowest BCUT2D eigenvalue weighted by Crippen LogP contribution is -2.13. The highest BCUT2D eigenvalue weighted by atomic mass is 16.7. The van der Waals surface area contributed by atoms with Gasteiger partial charge in [-0.25, -0.2) is 0 Å². The number of aryl methyl sites for hydroxylation is 1. The molecule has 0 fully saturated rings. The van der Waals surface area contributed by atoms with Crippen molar-refractivity contribution in [2.45, 2.75) is 6.92 Å². The molecular weight excluding hydrogens is 168 g/mol. The van der Waals surface area contributed by atoms with E-state index >= 15 is 0 Å². The van der Waals surface area contributed by atoms with Crippen LogP contribution in [0.4, 0.5) is 0 Å².